The van der Waals surface area contributed by atoms with Crippen molar-refractivity contribution in [3.8, 4) is 0 Å². The second-order valence-corrected chi connectivity index (χ2v) is 11.7. The number of imide groups is 1. The molecule has 28 heavy (non-hydrogen) atoms. The molecule has 2 amide bonds. The third-order valence-electron chi connectivity index (χ3n) is 3.75. The van der Waals surface area contributed by atoms with E-state index in [1.807, 2.05) is 0 Å². The largest absolute Gasteiger partial charge is 0.286 e. The molecule has 0 aliphatic rings. The average Bonchev–Trinajstić information content (AvgIpc) is 2.48. The molecule has 0 spiro atoms. The van der Waals surface area contributed by atoms with Crippen molar-refractivity contribution in [3.05, 3.63) is 22.4 Å². The van der Waals surface area contributed by atoms with Crippen molar-refractivity contribution in [3.63, 3.8) is 0 Å². The summed E-state index contributed by atoms with van der Waals surface area (Å²) < 4.78 is 15.3. The molecule has 0 heterocycles. The first-order chi connectivity index (χ1) is 12.4. The van der Waals surface area contributed by atoms with Crippen molar-refractivity contribution in [1.82, 2.24) is 0 Å². The van der Waals surface area contributed by atoms with Crippen LogP contribution in [0.5, 0.6) is 0 Å². The Balaban J connectivity index is 3.61. The Kier molecular flexibility index (Phi) is 7.33. The molecule has 0 unspecified atom stereocenters. The van der Waals surface area contributed by atoms with E-state index in [4.69, 9.17) is 0 Å². The summed E-state index contributed by atoms with van der Waals surface area (Å²) in [5, 5.41) is -0.110. The maximum Gasteiger partial charge on any atom is 0.239 e. The molecule has 0 saturated carbocycles. The fourth-order valence-corrected chi connectivity index (χ4v) is 3.39. The molecular weight excluding hydrogens is 445 g/mol. The van der Waals surface area contributed by atoms with Crippen LogP contribution in [0.25, 0.3) is 0 Å². The summed E-state index contributed by atoms with van der Waals surface area (Å²) >= 11 is 4.23. The molecule has 156 valence electrons. The lowest BCUT2D eigenvalue weighted by atomic mass is 9.90. The minimum atomic E-state index is -0.894. The van der Waals surface area contributed by atoms with Crippen LogP contribution in [0, 0.1) is 22.1 Å². The van der Waals surface area contributed by atoms with Crippen molar-refractivity contribution >= 4 is 50.3 Å². The number of carbonyl (C=O) groups is 3. The Labute approximate surface area is 179 Å². The molecule has 0 radical (unpaired) electrons. The molecular formula is C21H29BrFNO3S. The lowest BCUT2D eigenvalue weighted by Crippen LogP contribution is -2.48. The molecule has 0 atom stereocenters. The van der Waals surface area contributed by atoms with Crippen molar-refractivity contribution in [2.24, 2.45) is 16.2 Å². The molecule has 0 aromatic heterocycles. The SMILES string of the molecule is CC(C)(C)C(=O)Sc1cc(N(C(=O)C(C)(C)C)C(=O)C(C)(C)C)c(F)cc1Br. The highest BCUT2D eigenvalue weighted by Crippen LogP contribution is 2.39. The minimum absolute atomic E-state index is 0.110. The van der Waals surface area contributed by atoms with Crippen LogP contribution >= 0.6 is 27.7 Å². The number of nitrogens with zero attached hydrogens (tertiary/aromatic N) is 1. The van der Waals surface area contributed by atoms with Crippen LogP contribution in [0.15, 0.2) is 21.5 Å². The number of halogens is 2. The van der Waals surface area contributed by atoms with E-state index >= 15 is 0 Å². The quantitative estimate of drug-likeness (QED) is 0.479. The van der Waals surface area contributed by atoms with Gasteiger partial charge in [0.2, 0.25) is 11.8 Å². The van der Waals surface area contributed by atoms with E-state index in [-0.39, 0.29) is 10.8 Å². The van der Waals surface area contributed by atoms with Crippen molar-refractivity contribution in [2.45, 2.75) is 67.2 Å². The van der Waals surface area contributed by atoms with Crippen molar-refractivity contribution in [2.75, 3.05) is 4.90 Å². The van der Waals surface area contributed by atoms with E-state index in [2.05, 4.69) is 15.9 Å². The van der Waals surface area contributed by atoms with Gasteiger partial charge in [0.1, 0.15) is 5.82 Å². The molecule has 0 aliphatic heterocycles. The summed E-state index contributed by atoms with van der Waals surface area (Å²) in [6.07, 6.45) is 0. The zero-order valence-corrected chi connectivity index (χ0v) is 20.4. The lowest BCUT2D eigenvalue weighted by Gasteiger charge is -2.33. The molecule has 1 rings (SSSR count). The van der Waals surface area contributed by atoms with E-state index < -0.39 is 33.9 Å². The van der Waals surface area contributed by atoms with Crippen LogP contribution in [0.2, 0.25) is 0 Å². The molecule has 0 saturated heterocycles. The summed E-state index contributed by atoms with van der Waals surface area (Å²) in [6.45, 7) is 15.4. The maximum absolute atomic E-state index is 14.9. The highest BCUT2D eigenvalue weighted by molar-refractivity contribution is 9.10. The molecule has 1 aromatic rings. The maximum atomic E-state index is 14.9. The van der Waals surface area contributed by atoms with E-state index in [0.29, 0.717) is 9.37 Å². The molecule has 0 bridgehead atoms. The zero-order valence-electron chi connectivity index (χ0n) is 18.0. The van der Waals surface area contributed by atoms with Crippen LogP contribution in [-0.2, 0) is 14.4 Å². The number of rotatable bonds is 2. The number of benzene rings is 1. The van der Waals surface area contributed by atoms with Crippen LogP contribution in [0.1, 0.15) is 62.3 Å². The first-order valence-electron chi connectivity index (χ1n) is 8.97. The van der Waals surface area contributed by atoms with Crippen LogP contribution in [0.3, 0.4) is 0 Å². The zero-order chi connectivity index (χ0) is 22.2. The Morgan fingerprint density at radius 1 is 0.857 bits per heavy atom. The van der Waals surface area contributed by atoms with Crippen LogP contribution < -0.4 is 4.90 Å². The first-order valence-corrected chi connectivity index (χ1v) is 10.6. The fourth-order valence-electron chi connectivity index (χ4n) is 2.00. The Bertz CT molecular complexity index is 776. The lowest BCUT2D eigenvalue weighted by molar-refractivity contribution is -0.134. The van der Waals surface area contributed by atoms with Gasteiger partial charge in [0.25, 0.3) is 0 Å². The predicted molar refractivity (Wildman–Crippen MR) is 116 cm³/mol. The van der Waals surface area contributed by atoms with Gasteiger partial charge in [-0.15, -0.1) is 0 Å². The van der Waals surface area contributed by atoms with Gasteiger partial charge >= 0.3 is 0 Å². The van der Waals surface area contributed by atoms with Gasteiger partial charge in [-0.05, 0) is 28.1 Å². The van der Waals surface area contributed by atoms with Gasteiger partial charge in [-0.3, -0.25) is 14.4 Å². The monoisotopic (exact) mass is 473 g/mol. The third kappa shape index (κ3) is 5.89. The molecule has 4 nitrogen and oxygen atoms in total. The molecule has 1 aromatic carbocycles. The predicted octanol–water partition coefficient (Wildman–Crippen LogP) is 6.20. The fraction of sp³-hybridized carbons (Fsp3) is 0.571. The number of hydrogen-bond acceptors (Lipinski definition) is 4. The third-order valence-corrected chi connectivity index (χ3v) is 6.02. The van der Waals surface area contributed by atoms with Gasteiger partial charge in [-0.1, -0.05) is 74.1 Å². The Hall–Kier alpha value is -1.21. The van der Waals surface area contributed by atoms with Gasteiger partial charge in [-0.2, -0.15) is 0 Å². The Morgan fingerprint density at radius 2 is 1.29 bits per heavy atom. The standard InChI is InChI=1S/C21H29BrFNO3S/c1-19(2,3)16(25)24(17(26)20(4,5)6)14-11-15(12(22)10-13(14)23)28-18(27)21(7,8)9/h10-11H,1-9H3. The highest BCUT2D eigenvalue weighted by atomic mass is 79.9. The molecule has 0 N–H and O–H groups in total. The number of anilines is 1. The highest BCUT2D eigenvalue weighted by Gasteiger charge is 2.39. The van der Waals surface area contributed by atoms with Crippen molar-refractivity contribution < 1.29 is 18.8 Å². The molecule has 7 heteroatoms. The number of amides is 2. The van der Waals surface area contributed by atoms with Gasteiger partial charge in [0.15, 0.2) is 5.12 Å². The molecule has 0 fully saturated rings. The van der Waals surface area contributed by atoms with Gasteiger partial charge in [0.05, 0.1) is 5.69 Å². The summed E-state index contributed by atoms with van der Waals surface area (Å²) in [7, 11) is 0. The Morgan fingerprint density at radius 3 is 1.64 bits per heavy atom. The number of hydrogen-bond donors (Lipinski definition) is 0. The second-order valence-electron chi connectivity index (χ2n) is 9.82. The number of carbonyl (C=O) groups excluding carboxylic acids is 3. The van der Waals surface area contributed by atoms with E-state index in [9.17, 15) is 18.8 Å². The average molecular weight is 474 g/mol. The summed E-state index contributed by atoms with van der Waals surface area (Å²) in [5.74, 6) is -1.73. The van der Waals surface area contributed by atoms with Crippen LogP contribution in [0.4, 0.5) is 10.1 Å². The van der Waals surface area contributed by atoms with Crippen molar-refractivity contribution in [1.29, 1.82) is 0 Å². The topological polar surface area (TPSA) is 54.5 Å². The second kappa shape index (κ2) is 8.27. The summed E-state index contributed by atoms with van der Waals surface area (Å²) in [5.41, 5.74) is -2.53. The summed E-state index contributed by atoms with van der Waals surface area (Å²) in [6, 6.07) is 2.58. The summed E-state index contributed by atoms with van der Waals surface area (Å²) in [4.78, 5) is 39.9. The van der Waals surface area contributed by atoms with Crippen LogP contribution in [-0.4, -0.2) is 16.9 Å². The normalized spacial score (nSPS) is 12.7. The van der Waals surface area contributed by atoms with Gasteiger partial charge < -0.3 is 0 Å². The molecule has 0 aliphatic carbocycles. The van der Waals surface area contributed by atoms with E-state index in [1.54, 1.807) is 62.3 Å². The first kappa shape index (κ1) is 24.8. The van der Waals surface area contributed by atoms with E-state index in [1.165, 1.54) is 12.1 Å². The number of thioether (sulfide) groups is 1. The van der Waals surface area contributed by atoms with Gasteiger partial charge in [-0.25, -0.2) is 9.29 Å². The minimum Gasteiger partial charge on any atom is -0.286 e. The van der Waals surface area contributed by atoms with E-state index in [0.717, 1.165) is 16.7 Å². The van der Waals surface area contributed by atoms with Gasteiger partial charge in [0, 0.05) is 25.6 Å². The smallest absolute Gasteiger partial charge is 0.239 e.